The smallest absolute Gasteiger partial charge is 0.124 e. The monoisotopic (exact) mass is 391 g/mol. The highest BCUT2D eigenvalue weighted by atomic mass is 127. The molecule has 1 saturated heterocycles. The summed E-state index contributed by atoms with van der Waals surface area (Å²) in [6.45, 7) is 3.97. The first-order chi connectivity index (χ1) is 9.70. The molecule has 0 bridgehead atoms. The molecule has 1 heterocycles. The summed E-state index contributed by atoms with van der Waals surface area (Å²) in [4.78, 5) is 0. The minimum absolute atomic E-state index is 0.159. The summed E-state index contributed by atoms with van der Waals surface area (Å²) < 4.78 is 19.9. The first-order valence-electron chi connectivity index (χ1n) is 7.50. The van der Waals surface area contributed by atoms with Gasteiger partial charge in [0.1, 0.15) is 5.82 Å². The summed E-state index contributed by atoms with van der Waals surface area (Å²) >= 11 is 2.23. The van der Waals surface area contributed by atoms with Gasteiger partial charge < -0.3 is 10.1 Å². The minimum atomic E-state index is -0.159. The molecule has 0 saturated carbocycles. The van der Waals surface area contributed by atoms with E-state index in [0.717, 1.165) is 36.0 Å². The van der Waals surface area contributed by atoms with Crippen LogP contribution in [0.5, 0.6) is 0 Å². The van der Waals surface area contributed by atoms with Crippen LogP contribution in [0.25, 0.3) is 0 Å². The molecule has 1 aromatic carbocycles. The van der Waals surface area contributed by atoms with Crippen molar-refractivity contribution in [2.45, 2.75) is 51.2 Å². The van der Waals surface area contributed by atoms with Gasteiger partial charge in [-0.25, -0.2) is 4.39 Å². The molecule has 112 valence electrons. The summed E-state index contributed by atoms with van der Waals surface area (Å²) in [6, 6.07) is 5.40. The molecule has 2 unspecified atom stereocenters. The molecule has 0 aliphatic carbocycles. The summed E-state index contributed by atoms with van der Waals surface area (Å²) in [5.74, 6) is -0.159. The average Bonchev–Trinajstić information content (AvgIpc) is 2.91. The van der Waals surface area contributed by atoms with Crippen molar-refractivity contribution >= 4 is 22.6 Å². The van der Waals surface area contributed by atoms with Gasteiger partial charge >= 0.3 is 0 Å². The summed E-state index contributed by atoms with van der Waals surface area (Å²) in [5.41, 5.74) is 1.21. The van der Waals surface area contributed by atoms with E-state index in [0.29, 0.717) is 12.1 Å². The molecule has 0 amide bonds. The fourth-order valence-electron chi connectivity index (χ4n) is 2.82. The Kier molecular flexibility index (Phi) is 6.71. The maximum Gasteiger partial charge on any atom is 0.124 e. The van der Waals surface area contributed by atoms with Crippen LogP contribution in [-0.4, -0.2) is 19.3 Å². The van der Waals surface area contributed by atoms with Gasteiger partial charge in [0, 0.05) is 16.2 Å². The predicted molar refractivity (Wildman–Crippen MR) is 88.4 cm³/mol. The van der Waals surface area contributed by atoms with Crippen LogP contribution in [0.15, 0.2) is 18.2 Å². The van der Waals surface area contributed by atoms with Gasteiger partial charge in [0.15, 0.2) is 0 Å². The Morgan fingerprint density at radius 1 is 1.50 bits per heavy atom. The standard InChI is InChI=1S/C16H23FINO/c1-2-19-16(7-3-5-13-6-4-10-20-13)14-9-8-12(17)11-15(14)18/h8-9,11,13,16,19H,2-7,10H2,1H3. The first-order valence-corrected chi connectivity index (χ1v) is 8.58. The molecule has 0 aromatic heterocycles. The summed E-state index contributed by atoms with van der Waals surface area (Å²) in [7, 11) is 0. The third kappa shape index (κ3) is 4.67. The molecule has 1 N–H and O–H groups in total. The number of hydrogen-bond acceptors (Lipinski definition) is 2. The van der Waals surface area contributed by atoms with Crippen LogP contribution < -0.4 is 5.32 Å². The van der Waals surface area contributed by atoms with E-state index in [1.54, 1.807) is 12.1 Å². The van der Waals surface area contributed by atoms with Crippen LogP contribution in [0.3, 0.4) is 0 Å². The lowest BCUT2D eigenvalue weighted by Crippen LogP contribution is -2.22. The normalized spacial score (nSPS) is 20.2. The predicted octanol–water partition coefficient (Wildman–Crippen LogP) is 4.43. The third-order valence-corrected chi connectivity index (χ3v) is 4.77. The van der Waals surface area contributed by atoms with Crippen LogP contribution in [-0.2, 0) is 4.74 Å². The molecule has 1 aliphatic heterocycles. The Balaban J connectivity index is 1.91. The first kappa shape index (κ1) is 16.2. The Morgan fingerprint density at radius 2 is 2.35 bits per heavy atom. The zero-order valence-corrected chi connectivity index (χ0v) is 14.2. The molecule has 0 spiro atoms. The van der Waals surface area contributed by atoms with Crippen molar-refractivity contribution in [2.24, 2.45) is 0 Å². The summed E-state index contributed by atoms with van der Waals surface area (Å²) in [6.07, 6.45) is 6.24. The van der Waals surface area contributed by atoms with E-state index in [-0.39, 0.29) is 5.82 Å². The highest BCUT2D eigenvalue weighted by Crippen LogP contribution is 2.27. The largest absolute Gasteiger partial charge is 0.378 e. The topological polar surface area (TPSA) is 21.3 Å². The van der Waals surface area contributed by atoms with E-state index in [1.165, 1.54) is 18.4 Å². The lowest BCUT2D eigenvalue weighted by atomic mass is 9.99. The van der Waals surface area contributed by atoms with Gasteiger partial charge in [-0.1, -0.05) is 13.0 Å². The zero-order chi connectivity index (χ0) is 14.4. The van der Waals surface area contributed by atoms with E-state index in [4.69, 9.17) is 4.74 Å². The zero-order valence-electron chi connectivity index (χ0n) is 12.0. The van der Waals surface area contributed by atoms with Crippen molar-refractivity contribution in [3.05, 3.63) is 33.1 Å². The van der Waals surface area contributed by atoms with E-state index in [1.807, 2.05) is 6.07 Å². The van der Waals surface area contributed by atoms with E-state index in [9.17, 15) is 4.39 Å². The van der Waals surface area contributed by atoms with Gasteiger partial charge in [0.05, 0.1) is 6.10 Å². The Bertz CT molecular complexity index is 421. The van der Waals surface area contributed by atoms with Crippen LogP contribution in [0.2, 0.25) is 0 Å². The van der Waals surface area contributed by atoms with Crippen molar-refractivity contribution in [3.63, 3.8) is 0 Å². The lowest BCUT2D eigenvalue weighted by molar-refractivity contribution is 0.101. The van der Waals surface area contributed by atoms with Gasteiger partial charge in [0.25, 0.3) is 0 Å². The average molecular weight is 391 g/mol. The van der Waals surface area contributed by atoms with E-state index >= 15 is 0 Å². The van der Waals surface area contributed by atoms with Crippen LogP contribution in [0.4, 0.5) is 4.39 Å². The van der Waals surface area contributed by atoms with Crippen LogP contribution >= 0.6 is 22.6 Å². The number of ether oxygens (including phenoxy) is 1. The summed E-state index contributed by atoms with van der Waals surface area (Å²) in [5, 5.41) is 3.52. The highest BCUT2D eigenvalue weighted by molar-refractivity contribution is 14.1. The molecule has 1 aromatic rings. The lowest BCUT2D eigenvalue weighted by Gasteiger charge is -2.20. The van der Waals surface area contributed by atoms with E-state index < -0.39 is 0 Å². The molecule has 20 heavy (non-hydrogen) atoms. The Morgan fingerprint density at radius 3 is 3.00 bits per heavy atom. The van der Waals surface area contributed by atoms with Gasteiger partial charge in [-0.2, -0.15) is 0 Å². The van der Waals surface area contributed by atoms with Crippen molar-refractivity contribution in [1.29, 1.82) is 0 Å². The molecule has 1 aliphatic rings. The second-order valence-electron chi connectivity index (χ2n) is 5.34. The third-order valence-electron chi connectivity index (χ3n) is 3.83. The van der Waals surface area contributed by atoms with Crippen LogP contribution in [0.1, 0.15) is 50.6 Å². The second kappa shape index (κ2) is 8.29. The van der Waals surface area contributed by atoms with Crippen LogP contribution in [0, 0.1) is 9.39 Å². The molecule has 2 rings (SSSR count). The Labute approximate surface area is 134 Å². The molecule has 1 fully saturated rings. The maximum atomic E-state index is 13.2. The van der Waals surface area contributed by atoms with Crippen molar-refractivity contribution in [3.8, 4) is 0 Å². The van der Waals surface area contributed by atoms with Crippen molar-refractivity contribution < 1.29 is 9.13 Å². The second-order valence-corrected chi connectivity index (χ2v) is 6.50. The van der Waals surface area contributed by atoms with Gasteiger partial charge in [0.2, 0.25) is 0 Å². The number of hydrogen-bond donors (Lipinski definition) is 1. The molecule has 2 atom stereocenters. The van der Waals surface area contributed by atoms with Crippen molar-refractivity contribution in [1.82, 2.24) is 5.32 Å². The number of rotatable bonds is 7. The highest BCUT2D eigenvalue weighted by Gasteiger charge is 2.18. The number of benzene rings is 1. The van der Waals surface area contributed by atoms with E-state index in [2.05, 4.69) is 34.8 Å². The minimum Gasteiger partial charge on any atom is -0.378 e. The molecular formula is C16H23FINO. The quantitative estimate of drug-likeness (QED) is 0.695. The van der Waals surface area contributed by atoms with Gasteiger partial charge in [-0.3, -0.25) is 0 Å². The molecular weight excluding hydrogens is 368 g/mol. The fourth-order valence-corrected chi connectivity index (χ4v) is 3.67. The van der Waals surface area contributed by atoms with Crippen molar-refractivity contribution in [2.75, 3.05) is 13.2 Å². The molecule has 4 heteroatoms. The SMILES string of the molecule is CCNC(CCCC1CCCO1)c1ccc(F)cc1I. The fraction of sp³-hybridized carbons (Fsp3) is 0.625. The van der Waals surface area contributed by atoms with Gasteiger partial charge in [-0.05, 0) is 78.9 Å². The number of nitrogens with one attached hydrogen (secondary N) is 1. The van der Waals surface area contributed by atoms with Gasteiger partial charge in [-0.15, -0.1) is 0 Å². The molecule has 2 nitrogen and oxygen atoms in total. The molecule has 0 radical (unpaired) electrons. The Hall–Kier alpha value is -0.200. The maximum absolute atomic E-state index is 13.2. The number of halogens is 2.